The van der Waals surface area contributed by atoms with Gasteiger partial charge in [0.15, 0.2) is 5.76 Å². The van der Waals surface area contributed by atoms with Crippen molar-refractivity contribution in [1.82, 2.24) is 0 Å². The lowest BCUT2D eigenvalue weighted by molar-refractivity contribution is -0.121. The normalized spacial score (nSPS) is 20.9. The van der Waals surface area contributed by atoms with Crippen molar-refractivity contribution in [2.75, 3.05) is 9.91 Å². The summed E-state index contributed by atoms with van der Waals surface area (Å²) in [5, 5.41) is 6.27. The lowest BCUT2D eigenvalue weighted by Crippen LogP contribution is -2.39. The Labute approximate surface area is 168 Å². The summed E-state index contributed by atoms with van der Waals surface area (Å²) in [7, 11) is 0. The Morgan fingerprint density at radius 2 is 1.66 bits per heavy atom. The second-order valence-electron chi connectivity index (χ2n) is 7.10. The van der Waals surface area contributed by atoms with Gasteiger partial charge in [-0.15, -0.1) is 0 Å². The molecule has 0 saturated carbocycles. The average Bonchev–Trinajstić information content (AvgIpc) is 3.47. The summed E-state index contributed by atoms with van der Waals surface area (Å²) in [5.74, 6) is -0.765. The molecule has 29 heavy (non-hydrogen) atoms. The summed E-state index contributed by atoms with van der Waals surface area (Å²) < 4.78 is 5.53. The Morgan fingerprint density at radius 1 is 0.897 bits per heavy atom. The van der Waals surface area contributed by atoms with Crippen molar-refractivity contribution < 1.29 is 14.0 Å². The molecule has 144 valence electrons. The number of carbonyl (C=O) groups excluding carboxylic acids is 2. The van der Waals surface area contributed by atoms with Gasteiger partial charge in [0.2, 0.25) is 5.91 Å². The van der Waals surface area contributed by atoms with Gasteiger partial charge in [-0.05, 0) is 48.4 Å². The van der Waals surface area contributed by atoms with Gasteiger partial charge in [0.05, 0.1) is 17.6 Å². The smallest absolute Gasteiger partial charge is 0.259 e. The molecule has 0 aliphatic carbocycles. The molecule has 2 atom stereocenters. The molecule has 2 aliphatic heterocycles. The number of rotatable bonds is 4. The van der Waals surface area contributed by atoms with Gasteiger partial charge < -0.3 is 4.42 Å². The van der Waals surface area contributed by atoms with Crippen molar-refractivity contribution in [3.8, 4) is 0 Å². The maximum atomic E-state index is 13.4. The fourth-order valence-corrected chi connectivity index (χ4v) is 3.97. The minimum Gasteiger partial charge on any atom is -0.463 e. The molecule has 3 heterocycles. The van der Waals surface area contributed by atoms with Gasteiger partial charge in [-0.2, -0.15) is 5.10 Å². The third-order valence-electron chi connectivity index (χ3n) is 5.45. The number of imide groups is 1. The van der Waals surface area contributed by atoms with Crippen LogP contribution in [0.4, 0.5) is 11.4 Å². The van der Waals surface area contributed by atoms with Gasteiger partial charge in [0.25, 0.3) is 5.91 Å². The number of hydrazone groups is 1. The van der Waals surface area contributed by atoms with Gasteiger partial charge in [0.1, 0.15) is 17.7 Å². The molecule has 6 nitrogen and oxygen atoms in total. The van der Waals surface area contributed by atoms with Crippen LogP contribution in [0.3, 0.4) is 0 Å². The average molecular weight is 385 g/mol. The number of aryl methyl sites for hydroxylation is 1. The van der Waals surface area contributed by atoms with E-state index in [1.807, 2.05) is 54.6 Å². The number of amides is 2. The second kappa shape index (κ2) is 6.74. The first kappa shape index (κ1) is 17.4. The number of fused-ring (bicyclic) bond motifs is 1. The van der Waals surface area contributed by atoms with Crippen LogP contribution in [-0.4, -0.2) is 23.6 Å². The number of hydrogen-bond acceptors (Lipinski definition) is 5. The summed E-state index contributed by atoms with van der Waals surface area (Å²) >= 11 is 0. The number of benzene rings is 2. The summed E-state index contributed by atoms with van der Waals surface area (Å²) in [4.78, 5) is 28.1. The van der Waals surface area contributed by atoms with Gasteiger partial charge in [0, 0.05) is 0 Å². The largest absolute Gasteiger partial charge is 0.463 e. The van der Waals surface area contributed by atoms with Crippen LogP contribution in [0.25, 0.3) is 0 Å². The van der Waals surface area contributed by atoms with E-state index in [2.05, 4.69) is 12.0 Å². The lowest BCUT2D eigenvalue weighted by Gasteiger charge is -2.22. The first-order chi connectivity index (χ1) is 14.2. The van der Waals surface area contributed by atoms with Crippen LogP contribution in [-0.2, 0) is 16.0 Å². The zero-order valence-corrected chi connectivity index (χ0v) is 15.9. The Morgan fingerprint density at radius 3 is 2.31 bits per heavy atom. The number of carbonyl (C=O) groups is 2. The highest BCUT2D eigenvalue weighted by Gasteiger charge is 2.57. The highest BCUT2D eigenvalue weighted by atomic mass is 16.3. The molecule has 0 N–H and O–H groups in total. The molecule has 2 amide bonds. The van der Waals surface area contributed by atoms with E-state index in [0.29, 0.717) is 17.2 Å². The summed E-state index contributed by atoms with van der Waals surface area (Å²) in [6, 6.07) is 19.7. The maximum Gasteiger partial charge on any atom is 0.259 e. The van der Waals surface area contributed by atoms with Crippen LogP contribution < -0.4 is 9.91 Å². The van der Waals surface area contributed by atoms with E-state index in [9.17, 15) is 9.59 Å². The maximum absolute atomic E-state index is 13.4. The van der Waals surface area contributed by atoms with Gasteiger partial charge in [-0.3, -0.25) is 14.6 Å². The number of anilines is 2. The molecule has 0 unspecified atom stereocenters. The summed E-state index contributed by atoms with van der Waals surface area (Å²) in [6.07, 6.45) is 2.44. The number of hydrogen-bond donors (Lipinski definition) is 0. The molecule has 0 bridgehead atoms. The monoisotopic (exact) mass is 385 g/mol. The van der Waals surface area contributed by atoms with Gasteiger partial charge in [-0.1, -0.05) is 37.3 Å². The van der Waals surface area contributed by atoms with Gasteiger partial charge in [-0.25, -0.2) is 4.90 Å². The fraction of sp³-hybridized carbons (Fsp3) is 0.174. The zero-order valence-electron chi connectivity index (χ0n) is 15.9. The molecular formula is C23H19N3O3. The first-order valence-corrected chi connectivity index (χ1v) is 9.62. The van der Waals surface area contributed by atoms with Crippen LogP contribution in [0.1, 0.15) is 18.2 Å². The molecule has 0 spiro atoms. The highest BCUT2D eigenvalue weighted by Crippen LogP contribution is 2.39. The van der Waals surface area contributed by atoms with E-state index in [0.717, 1.165) is 17.7 Å². The topological polar surface area (TPSA) is 66.1 Å². The molecule has 5 rings (SSSR count). The Bertz CT molecular complexity index is 1090. The van der Waals surface area contributed by atoms with Gasteiger partial charge >= 0.3 is 0 Å². The third-order valence-corrected chi connectivity index (χ3v) is 5.45. The van der Waals surface area contributed by atoms with E-state index in [4.69, 9.17) is 4.42 Å². The van der Waals surface area contributed by atoms with Crippen LogP contribution in [0, 0.1) is 5.92 Å². The van der Waals surface area contributed by atoms with E-state index < -0.39 is 12.0 Å². The fourth-order valence-electron chi connectivity index (χ4n) is 3.97. The standard InChI is InChI=1S/C23H19N3O3/c1-2-15-10-12-16(13-11-15)25-22(27)19-20(18-9-6-14-29-18)24-26(21(19)23(25)28)17-7-4-3-5-8-17/h3-14,19,21H,2H2,1H3/t19-,21-/m1/s1. The zero-order chi connectivity index (χ0) is 20.0. The number of nitrogens with zero attached hydrogens (tertiary/aromatic N) is 3. The van der Waals surface area contributed by atoms with Crippen LogP contribution in [0.2, 0.25) is 0 Å². The summed E-state index contributed by atoms with van der Waals surface area (Å²) in [6.45, 7) is 2.06. The minimum atomic E-state index is -0.726. The molecule has 3 aromatic rings. The van der Waals surface area contributed by atoms with Crippen LogP contribution in [0.5, 0.6) is 0 Å². The van der Waals surface area contributed by atoms with E-state index >= 15 is 0 Å². The lowest BCUT2D eigenvalue weighted by atomic mass is 9.96. The van der Waals surface area contributed by atoms with Crippen molar-refractivity contribution in [2.24, 2.45) is 11.0 Å². The van der Waals surface area contributed by atoms with Crippen LogP contribution in [0.15, 0.2) is 82.5 Å². The Hall–Kier alpha value is -3.67. The van der Waals surface area contributed by atoms with E-state index in [-0.39, 0.29) is 11.8 Å². The van der Waals surface area contributed by atoms with E-state index in [1.165, 1.54) is 4.90 Å². The van der Waals surface area contributed by atoms with Crippen molar-refractivity contribution >= 4 is 28.9 Å². The predicted octanol–water partition coefficient (Wildman–Crippen LogP) is 3.62. The third kappa shape index (κ3) is 2.68. The number of para-hydroxylation sites is 1. The molecule has 6 heteroatoms. The van der Waals surface area contributed by atoms with E-state index in [1.54, 1.807) is 23.4 Å². The Kier molecular flexibility index (Phi) is 4.05. The first-order valence-electron chi connectivity index (χ1n) is 9.62. The SMILES string of the molecule is CCc1ccc(N2C(=O)[C@@H]3C(c4ccco4)=NN(c4ccccc4)[C@H]3C2=O)cc1. The molecule has 1 aromatic heterocycles. The molecule has 2 aliphatic rings. The quantitative estimate of drug-likeness (QED) is 0.644. The predicted molar refractivity (Wildman–Crippen MR) is 110 cm³/mol. The number of furan rings is 1. The molecule has 0 radical (unpaired) electrons. The molecular weight excluding hydrogens is 366 g/mol. The molecule has 2 aromatic carbocycles. The second-order valence-corrected chi connectivity index (χ2v) is 7.10. The van der Waals surface area contributed by atoms with Crippen molar-refractivity contribution in [2.45, 2.75) is 19.4 Å². The van der Waals surface area contributed by atoms with Crippen molar-refractivity contribution in [3.05, 3.63) is 84.3 Å². The molecule has 1 saturated heterocycles. The summed E-state index contributed by atoms with van der Waals surface area (Å²) in [5.41, 5.74) is 2.97. The Balaban J connectivity index is 1.60. The van der Waals surface area contributed by atoms with Crippen molar-refractivity contribution in [1.29, 1.82) is 0 Å². The highest BCUT2D eigenvalue weighted by molar-refractivity contribution is 6.33. The van der Waals surface area contributed by atoms with Crippen molar-refractivity contribution in [3.63, 3.8) is 0 Å². The minimum absolute atomic E-state index is 0.279. The van der Waals surface area contributed by atoms with Crippen LogP contribution >= 0.6 is 0 Å². The molecule has 1 fully saturated rings.